The molecule has 1 aliphatic rings. The van der Waals surface area contributed by atoms with Crippen molar-refractivity contribution in [1.82, 2.24) is 10.6 Å². The van der Waals surface area contributed by atoms with E-state index in [4.69, 9.17) is 0 Å². The van der Waals surface area contributed by atoms with Crippen molar-refractivity contribution in [1.29, 1.82) is 0 Å². The number of nitrogens with one attached hydrogen (secondary N) is 2. The Morgan fingerprint density at radius 1 is 1.18 bits per heavy atom. The zero-order chi connectivity index (χ0) is 12.5. The average molecular weight is 240 g/mol. The number of carbonyl (C=O) groups excluding carboxylic acids is 1. The molecule has 0 aromatic carbocycles. The molecule has 0 heterocycles. The quantitative estimate of drug-likeness (QED) is 0.671. The van der Waals surface area contributed by atoms with Crippen LogP contribution in [-0.2, 0) is 4.79 Å². The van der Waals surface area contributed by atoms with Crippen molar-refractivity contribution in [3.05, 3.63) is 0 Å². The summed E-state index contributed by atoms with van der Waals surface area (Å²) in [6.07, 6.45) is 7.50. The van der Waals surface area contributed by atoms with Crippen molar-refractivity contribution < 1.29 is 4.79 Å². The number of rotatable bonds is 7. The number of hydrogen-bond acceptors (Lipinski definition) is 2. The van der Waals surface area contributed by atoms with Gasteiger partial charge in [-0.2, -0.15) is 0 Å². The van der Waals surface area contributed by atoms with Crippen LogP contribution in [0.15, 0.2) is 0 Å². The average Bonchev–Trinajstić information content (AvgIpc) is 2.31. The molecule has 1 amide bonds. The summed E-state index contributed by atoms with van der Waals surface area (Å²) in [5.74, 6) is 2.02. The first-order chi connectivity index (χ1) is 8.22. The third-order valence-electron chi connectivity index (χ3n) is 3.77. The third kappa shape index (κ3) is 6.67. The van der Waals surface area contributed by atoms with E-state index in [1.807, 2.05) is 6.92 Å². The second-order valence-electron chi connectivity index (χ2n) is 5.37. The molecule has 1 rings (SSSR count). The van der Waals surface area contributed by atoms with E-state index in [0.717, 1.165) is 31.5 Å². The van der Waals surface area contributed by atoms with Crippen LogP contribution in [0.2, 0.25) is 0 Å². The van der Waals surface area contributed by atoms with Crippen LogP contribution in [0, 0.1) is 11.8 Å². The molecule has 1 aliphatic carbocycles. The fraction of sp³-hybridized carbons (Fsp3) is 0.929. The van der Waals surface area contributed by atoms with Gasteiger partial charge in [-0.05, 0) is 31.7 Å². The van der Waals surface area contributed by atoms with Crippen LogP contribution in [0.3, 0.4) is 0 Å². The van der Waals surface area contributed by atoms with Crippen molar-refractivity contribution in [2.24, 2.45) is 11.8 Å². The first kappa shape index (κ1) is 14.5. The van der Waals surface area contributed by atoms with Gasteiger partial charge in [-0.1, -0.05) is 32.6 Å². The Morgan fingerprint density at radius 3 is 2.53 bits per heavy atom. The predicted octanol–water partition coefficient (Wildman–Crippen LogP) is 2.32. The Kier molecular flexibility index (Phi) is 7.25. The van der Waals surface area contributed by atoms with Crippen LogP contribution in [0.5, 0.6) is 0 Å². The van der Waals surface area contributed by atoms with Crippen molar-refractivity contribution in [3.63, 3.8) is 0 Å². The SMILES string of the molecule is CCNC(=O)CCNCCC1CCC(C)CC1. The van der Waals surface area contributed by atoms with Gasteiger partial charge in [-0.25, -0.2) is 0 Å². The van der Waals surface area contributed by atoms with Gasteiger partial charge < -0.3 is 10.6 Å². The summed E-state index contributed by atoms with van der Waals surface area (Å²) < 4.78 is 0. The maximum Gasteiger partial charge on any atom is 0.221 e. The van der Waals surface area contributed by atoms with Gasteiger partial charge in [0.15, 0.2) is 0 Å². The Morgan fingerprint density at radius 2 is 1.88 bits per heavy atom. The van der Waals surface area contributed by atoms with Crippen LogP contribution in [0.25, 0.3) is 0 Å². The molecule has 0 saturated heterocycles. The zero-order valence-corrected chi connectivity index (χ0v) is 11.4. The van der Waals surface area contributed by atoms with Gasteiger partial charge in [0.25, 0.3) is 0 Å². The first-order valence-electron chi connectivity index (χ1n) is 7.19. The van der Waals surface area contributed by atoms with Crippen LogP contribution in [-0.4, -0.2) is 25.5 Å². The van der Waals surface area contributed by atoms with Gasteiger partial charge in [-0.3, -0.25) is 4.79 Å². The second kappa shape index (κ2) is 8.51. The molecular weight excluding hydrogens is 212 g/mol. The molecule has 0 atom stereocenters. The Balaban J connectivity index is 1.92. The fourth-order valence-corrected chi connectivity index (χ4v) is 2.54. The molecule has 0 spiro atoms. The second-order valence-corrected chi connectivity index (χ2v) is 5.37. The van der Waals surface area contributed by atoms with Gasteiger partial charge in [0.1, 0.15) is 0 Å². The Labute approximate surface area is 106 Å². The lowest BCUT2D eigenvalue weighted by Crippen LogP contribution is -2.28. The van der Waals surface area contributed by atoms with Crippen LogP contribution < -0.4 is 10.6 Å². The highest BCUT2D eigenvalue weighted by Crippen LogP contribution is 2.29. The van der Waals surface area contributed by atoms with Crippen molar-refractivity contribution in [2.45, 2.75) is 52.4 Å². The van der Waals surface area contributed by atoms with Gasteiger partial charge in [0.05, 0.1) is 0 Å². The Bertz CT molecular complexity index is 210. The lowest BCUT2D eigenvalue weighted by atomic mass is 9.81. The fourth-order valence-electron chi connectivity index (χ4n) is 2.54. The molecule has 0 bridgehead atoms. The summed E-state index contributed by atoms with van der Waals surface area (Å²) in [7, 11) is 0. The normalized spacial score (nSPS) is 24.6. The Hall–Kier alpha value is -0.570. The minimum atomic E-state index is 0.159. The molecule has 0 radical (unpaired) electrons. The van der Waals surface area contributed by atoms with E-state index in [1.54, 1.807) is 0 Å². The summed E-state index contributed by atoms with van der Waals surface area (Å²) >= 11 is 0. The highest BCUT2D eigenvalue weighted by atomic mass is 16.1. The van der Waals surface area contributed by atoms with Crippen LogP contribution >= 0.6 is 0 Å². The molecule has 1 fully saturated rings. The summed E-state index contributed by atoms with van der Waals surface area (Å²) in [5, 5.41) is 6.18. The van der Waals surface area contributed by atoms with Gasteiger partial charge in [0, 0.05) is 19.5 Å². The first-order valence-corrected chi connectivity index (χ1v) is 7.19. The molecule has 3 heteroatoms. The molecule has 2 N–H and O–H groups in total. The smallest absolute Gasteiger partial charge is 0.221 e. The molecule has 100 valence electrons. The van der Waals surface area contributed by atoms with Crippen LogP contribution in [0.1, 0.15) is 52.4 Å². The lowest BCUT2D eigenvalue weighted by Gasteiger charge is -2.26. The summed E-state index contributed by atoms with van der Waals surface area (Å²) in [6.45, 7) is 6.93. The van der Waals surface area contributed by atoms with E-state index >= 15 is 0 Å². The molecule has 0 aromatic rings. The van der Waals surface area contributed by atoms with Gasteiger partial charge >= 0.3 is 0 Å². The maximum atomic E-state index is 11.2. The van der Waals surface area contributed by atoms with Crippen molar-refractivity contribution in [2.75, 3.05) is 19.6 Å². The zero-order valence-electron chi connectivity index (χ0n) is 11.4. The van der Waals surface area contributed by atoms with Gasteiger partial charge in [0.2, 0.25) is 5.91 Å². The largest absolute Gasteiger partial charge is 0.356 e. The molecule has 1 saturated carbocycles. The van der Waals surface area contributed by atoms with Crippen molar-refractivity contribution in [3.8, 4) is 0 Å². The predicted molar refractivity (Wildman–Crippen MR) is 71.9 cm³/mol. The number of carbonyl (C=O) groups is 1. The van der Waals surface area contributed by atoms with E-state index in [0.29, 0.717) is 6.42 Å². The van der Waals surface area contributed by atoms with Gasteiger partial charge in [-0.15, -0.1) is 0 Å². The standard InChI is InChI=1S/C14H28N2O/c1-3-16-14(17)9-11-15-10-8-13-6-4-12(2)5-7-13/h12-13,15H,3-11H2,1-2H3,(H,16,17). The molecule has 0 aromatic heterocycles. The minimum Gasteiger partial charge on any atom is -0.356 e. The molecule has 3 nitrogen and oxygen atoms in total. The number of amides is 1. The van der Waals surface area contributed by atoms with E-state index < -0.39 is 0 Å². The summed E-state index contributed by atoms with van der Waals surface area (Å²) in [6, 6.07) is 0. The topological polar surface area (TPSA) is 41.1 Å². The van der Waals surface area contributed by atoms with E-state index in [9.17, 15) is 4.79 Å². The van der Waals surface area contributed by atoms with E-state index in [-0.39, 0.29) is 5.91 Å². The summed E-state index contributed by atoms with van der Waals surface area (Å²) in [5.41, 5.74) is 0. The van der Waals surface area contributed by atoms with E-state index in [1.165, 1.54) is 32.1 Å². The maximum absolute atomic E-state index is 11.2. The minimum absolute atomic E-state index is 0.159. The van der Waals surface area contributed by atoms with Crippen LogP contribution in [0.4, 0.5) is 0 Å². The number of hydrogen-bond donors (Lipinski definition) is 2. The molecule has 0 aliphatic heterocycles. The summed E-state index contributed by atoms with van der Waals surface area (Å²) in [4.78, 5) is 11.2. The van der Waals surface area contributed by atoms with E-state index in [2.05, 4.69) is 17.6 Å². The third-order valence-corrected chi connectivity index (χ3v) is 3.77. The highest BCUT2D eigenvalue weighted by molar-refractivity contribution is 5.75. The molecular formula is C14H28N2O. The molecule has 17 heavy (non-hydrogen) atoms. The highest BCUT2D eigenvalue weighted by Gasteiger charge is 2.17. The van der Waals surface area contributed by atoms with Crippen molar-refractivity contribution >= 4 is 5.91 Å². The lowest BCUT2D eigenvalue weighted by molar-refractivity contribution is -0.120. The molecule has 0 unspecified atom stereocenters. The monoisotopic (exact) mass is 240 g/mol.